The lowest BCUT2D eigenvalue weighted by Gasteiger charge is -2.11. The Balaban J connectivity index is 1.47. The maximum Gasteiger partial charge on any atom is 0.251 e. The van der Waals surface area contributed by atoms with E-state index in [-0.39, 0.29) is 18.4 Å². The standard InChI is InChI=1S/C24H22N4O2/c1-16-10-11-28-15-21(26-22(28)12-16)19-9-8-17(2)20(13-19)27-23(29)14-25-24(30)18-6-4-3-5-7-18/h3-13,15H,14H2,1-2H3,(H,25,30)(H,27,29). The molecular formula is C24H22N4O2. The van der Waals surface area contributed by atoms with Gasteiger partial charge in [-0.2, -0.15) is 0 Å². The van der Waals surface area contributed by atoms with Gasteiger partial charge in [-0.25, -0.2) is 4.98 Å². The summed E-state index contributed by atoms with van der Waals surface area (Å²) in [5, 5.41) is 5.52. The van der Waals surface area contributed by atoms with Crippen LogP contribution >= 0.6 is 0 Å². The topological polar surface area (TPSA) is 75.5 Å². The number of carbonyl (C=O) groups excluding carboxylic acids is 2. The molecule has 2 heterocycles. The molecule has 0 aliphatic carbocycles. The number of fused-ring (bicyclic) bond motifs is 1. The molecule has 150 valence electrons. The number of carbonyl (C=O) groups is 2. The highest BCUT2D eigenvalue weighted by molar-refractivity contribution is 5.99. The first-order valence-corrected chi connectivity index (χ1v) is 9.69. The van der Waals surface area contributed by atoms with E-state index in [9.17, 15) is 9.59 Å². The zero-order chi connectivity index (χ0) is 21.1. The number of aromatic nitrogens is 2. The van der Waals surface area contributed by atoms with E-state index in [0.29, 0.717) is 11.3 Å². The molecular weight excluding hydrogens is 376 g/mol. The van der Waals surface area contributed by atoms with E-state index in [2.05, 4.69) is 15.6 Å². The number of rotatable bonds is 5. The molecule has 30 heavy (non-hydrogen) atoms. The highest BCUT2D eigenvalue weighted by Crippen LogP contribution is 2.25. The van der Waals surface area contributed by atoms with Gasteiger partial charge in [0.05, 0.1) is 12.2 Å². The summed E-state index contributed by atoms with van der Waals surface area (Å²) in [7, 11) is 0. The van der Waals surface area contributed by atoms with Gasteiger partial charge in [-0.3, -0.25) is 9.59 Å². The molecule has 2 aromatic heterocycles. The van der Waals surface area contributed by atoms with Crippen molar-refractivity contribution in [2.75, 3.05) is 11.9 Å². The molecule has 0 radical (unpaired) electrons. The molecule has 6 heteroatoms. The maximum atomic E-state index is 12.4. The van der Waals surface area contributed by atoms with E-state index in [0.717, 1.165) is 28.0 Å². The van der Waals surface area contributed by atoms with Gasteiger partial charge < -0.3 is 15.0 Å². The molecule has 0 bridgehead atoms. The van der Waals surface area contributed by atoms with Gasteiger partial charge in [0, 0.05) is 29.2 Å². The number of nitrogens with zero attached hydrogens (tertiary/aromatic N) is 2. The van der Waals surface area contributed by atoms with Crippen LogP contribution in [-0.4, -0.2) is 27.7 Å². The molecule has 2 N–H and O–H groups in total. The molecule has 0 saturated carbocycles. The highest BCUT2D eigenvalue weighted by Gasteiger charge is 2.11. The second kappa shape index (κ2) is 8.21. The number of imidazole rings is 1. The van der Waals surface area contributed by atoms with Crippen molar-refractivity contribution in [3.8, 4) is 11.3 Å². The molecule has 0 aliphatic heterocycles. The molecule has 0 unspecified atom stereocenters. The van der Waals surface area contributed by atoms with Gasteiger partial charge in [0.25, 0.3) is 5.91 Å². The summed E-state index contributed by atoms with van der Waals surface area (Å²) in [6.45, 7) is 3.85. The average molecular weight is 398 g/mol. The Morgan fingerprint density at radius 2 is 1.80 bits per heavy atom. The van der Waals surface area contributed by atoms with Crippen molar-refractivity contribution in [1.82, 2.24) is 14.7 Å². The Bertz CT molecular complexity index is 1230. The Kier molecular flexibility index (Phi) is 5.30. The van der Waals surface area contributed by atoms with Gasteiger partial charge in [0.2, 0.25) is 5.91 Å². The van der Waals surface area contributed by atoms with E-state index in [1.54, 1.807) is 24.3 Å². The van der Waals surface area contributed by atoms with Crippen LogP contribution in [0.1, 0.15) is 21.5 Å². The fourth-order valence-corrected chi connectivity index (χ4v) is 3.19. The van der Waals surface area contributed by atoms with Crippen LogP contribution in [0.25, 0.3) is 16.9 Å². The van der Waals surface area contributed by atoms with Crippen LogP contribution in [-0.2, 0) is 4.79 Å². The fraction of sp³-hybridized carbons (Fsp3) is 0.125. The van der Waals surface area contributed by atoms with Gasteiger partial charge in [0.1, 0.15) is 5.65 Å². The number of hydrogen-bond donors (Lipinski definition) is 2. The monoisotopic (exact) mass is 398 g/mol. The Hall–Kier alpha value is -3.93. The predicted octanol–water partition coefficient (Wildman–Crippen LogP) is 3.99. The smallest absolute Gasteiger partial charge is 0.251 e. The minimum atomic E-state index is -0.287. The van der Waals surface area contributed by atoms with Crippen LogP contribution in [0.15, 0.2) is 73.1 Å². The third-order valence-corrected chi connectivity index (χ3v) is 4.87. The molecule has 4 aromatic rings. The van der Waals surface area contributed by atoms with Crippen molar-refractivity contribution in [2.45, 2.75) is 13.8 Å². The molecule has 0 atom stereocenters. The summed E-state index contributed by atoms with van der Waals surface area (Å²) in [6.07, 6.45) is 3.94. The molecule has 4 rings (SSSR count). The predicted molar refractivity (Wildman–Crippen MR) is 118 cm³/mol. The number of anilines is 1. The van der Waals surface area contributed by atoms with Crippen LogP contribution in [0.2, 0.25) is 0 Å². The SMILES string of the molecule is Cc1ccn2cc(-c3ccc(C)c(NC(=O)CNC(=O)c4ccccc4)c3)nc2c1. The lowest BCUT2D eigenvalue weighted by atomic mass is 10.1. The fourth-order valence-electron chi connectivity index (χ4n) is 3.19. The van der Waals surface area contributed by atoms with Crippen LogP contribution in [0, 0.1) is 13.8 Å². The first-order valence-electron chi connectivity index (χ1n) is 9.69. The van der Waals surface area contributed by atoms with Crippen molar-refractivity contribution in [3.05, 3.63) is 89.7 Å². The average Bonchev–Trinajstić information content (AvgIpc) is 3.17. The Morgan fingerprint density at radius 3 is 2.60 bits per heavy atom. The Labute approximate surface area is 174 Å². The summed E-state index contributed by atoms with van der Waals surface area (Å²) in [5.41, 5.74) is 5.90. The van der Waals surface area contributed by atoms with Gasteiger partial charge in [-0.05, 0) is 55.3 Å². The molecule has 0 fully saturated rings. The summed E-state index contributed by atoms with van der Waals surface area (Å²) in [5.74, 6) is -0.568. The number of amides is 2. The third-order valence-electron chi connectivity index (χ3n) is 4.87. The van der Waals surface area contributed by atoms with Crippen LogP contribution in [0.4, 0.5) is 5.69 Å². The minimum Gasteiger partial charge on any atom is -0.343 e. The first-order chi connectivity index (χ1) is 14.5. The molecule has 2 aromatic carbocycles. The number of nitrogens with one attached hydrogen (secondary N) is 2. The Morgan fingerprint density at radius 1 is 1.00 bits per heavy atom. The lowest BCUT2D eigenvalue weighted by Crippen LogP contribution is -2.32. The maximum absolute atomic E-state index is 12.4. The minimum absolute atomic E-state index is 0.106. The summed E-state index contributed by atoms with van der Waals surface area (Å²) >= 11 is 0. The van der Waals surface area contributed by atoms with Gasteiger partial charge in [-0.1, -0.05) is 30.3 Å². The van der Waals surface area contributed by atoms with E-state index in [1.165, 1.54) is 0 Å². The van der Waals surface area contributed by atoms with Crippen molar-refractivity contribution < 1.29 is 9.59 Å². The van der Waals surface area contributed by atoms with Crippen molar-refractivity contribution in [3.63, 3.8) is 0 Å². The molecule has 0 spiro atoms. The lowest BCUT2D eigenvalue weighted by molar-refractivity contribution is -0.115. The van der Waals surface area contributed by atoms with E-state index in [1.807, 2.05) is 67.0 Å². The molecule has 2 amide bonds. The van der Waals surface area contributed by atoms with Gasteiger partial charge >= 0.3 is 0 Å². The summed E-state index contributed by atoms with van der Waals surface area (Å²) < 4.78 is 1.97. The van der Waals surface area contributed by atoms with Crippen molar-refractivity contribution >= 4 is 23.1 Å². The largest absolute Gasteiger partial charge is 0.343 e. The molecule has 0 aliphatic rings. The van der Waals surface area contributed by atoms with E-state index in [4.69, 9.17) is 0 Å². The summed E-state index contributed by atoms with van der Waals surface area (Å²) in [6, 6.07) is 18.7. The van der Waals surface area contributed by atoms with Crippen LogP contribution in [0.3, 0.4) is 0 Å². The van der Waals surface area contributed by atoms with Crippen LogP contribution < -0.4 is 10.6 Å². The number of aryl methyl sites for hydroxylation is 2. The van der Waals surface area contributed by atoms with E-state index < -0.39 is 0 Å². The third kappa shape index (κ3) is 4.22. The first kappa shape index (κ1) is 19.4. The quantitative estimate of drug-likeness (QED) is 0.534. The van der Waals surface area contributed by atoms with Gasteiger partial charge in [0.15, 0.2) is 0 Å². The molecule has 0 saturated heterocycles. The zero-order valence-electron chi connectivity index (χ0n) is 16.8. The highest BCUT2D eigenvalue weighted by atomic mass is 16.2. The normalized spacial score (nSPS) is 10.7. The van der Waals surface area contributed by atoms with Crippen LogP contribution in [0.5, 0.6) is 0 Å². The number of hydrogen-bond acceptors (Lipinski definition) is 3. The summed E-state index contributed by atoms with van der Waals surface area (Å²) in [4.78, 5) is 29.2. The molecule has 6 nitrogen and oxygen atoms in total. The van der Waals surface area contributed by atoms with Gasteiger partial charge in [-0.15, -0.1) is 0 Å². The zero-order valence-corrected chi connectivity index (χ0v) is 16.8. The second-order valence-corrected chi connectivity index (χ2v) is 7.22. The van der Waals surface area contributed by atoms with Crippen molar-refractivity contribution in [1.29, 1.82) is 0 Å². The number of benzene rings is 2. The number of pyridine rings is 1. The second-order valence-electron chi connectivity index (χ2n) is 7.22. The van der Waals surface area contributed by atoms with Crippen molar-refractivity contribution in [2.24, 2.45) is 0 Å². The van der Waals surface area contributed by atoms with E-state index >= 15 is 0 Å².